The van der Waals surface area contributed by atoms with Crippen LogP contribution in [0.3, 0.4) is 0 Å². The number of hydrogen-bond donors (Lipinski definition) is 1. The molecule has 0 spiro atoms. The lowest BCUT2D eigenvalue weighted by Gasteiger charge is -2.18. The molecule has 1 aliphatic rings. The van der Waals surface area contributed by atoms with Crippen LogP contribution in [0.4, 0.5) is 0 Å². The fourth-order valence-electron chi connectivity index (χ4n) is 2.85. The molecule has 1 aromatic carbocycles. The van der Waals surface area contributed by atoms with Gasteiger partial charge in [-0.1, -0.05) is 19.0 Å². The second kappa shape index (κ2) is 8.99. The Morgan fingerprint density at radius 1 is 1.25 bits per heavy atom. The van der Waals surface area contributed by atoms with Crippen molar-refractivity contribution in [3.8, 4) is 5.75 Å². The predicted molar refractivity (Wildman–Crippen MR) is 103 cm³/mol. The van der Waals surface area contributed by atoms with Crippen molar-refractivity contribution in [2.24, 2.45) is 5.92 Å². The SMILES string of the molecule is CC(=O)c1ccc(OCCCC(=O)NC(c2nc(C3CC3)no2)C(C)C)cc1. The van der Waals surface area contributed by atoms with Gasteiger partial charge >= 0.3 is 0 Å². The van der Waals surface area contributed by atoms with Gasteiger partial charge in [0.05, 0.1) is 6.61 Å². The molecular formula is C21H27N3O4. The van der Waals surface area contributed by atoms with E-state index in [1.165, 1.54) is 6.92 Å². The number of rotatable bonds is 10. The van der Waals surface area contributed by atoms with E-state index in [0.717, 1.165) is 18.7 Å². The van der Waals surface area contributed by atoms with E-state index in [-0.39, 0.29) is 23.7 Å². The first-order valence-corrected chi connectivity index (χ1v) is 9.80. The minimum atomic E-state index is -0.285. The van der Waals surface area contributed by atoms with E-state index in [0.29, 0.717) is 42.6 Å². The Labute approximate surface area is 164 Å². The largest absolute Gasteiger partial charge is 0.494 e. The molecule has 7 heteroatoms. The van der Waals surface area contributed by atoms with Crippen molar-refractivity contribution in [3.63, 3.8) is 0 Å². The van der Waals surface area contributed by atoms with Gasteiger partial charge in [-0.25, -0.2) is 0 Å². The van der Waals surface area contributed by atoms with Gasteiger partial charge in [-0.05, 0) is 56.4 Å². The van der Waals surface area contributed by atoms with Crippen molar-refractivity contribution in [2.75, 3.05) is 6.61 Å². The van der Waals surface area contributed by atoms with Gasteiger partial charge in [0.15, 0.2) is 11.6 Å². The van der Waals surface area contributed by atoms with Crippen molar-refractivity contribution >= 4 is 11.7 Å². The van der Waals surface area contributed by atoms with Crippen LogP contribution < -0.4 is 10.1 Å². The van der Waals surface area contributed by atoms with Gasteiger partial charge in [0.1, 0.15) is 11.8 Å². The molecule has 0 bridgehead atoms. The normalized spacial score (nSPS) is 14.7. The third kappa shape index (κ3) is 5.41. The molecule has 1 aromatic heterocycles. The van der Waals surface area contributed by atoms with Crippen molar-refractivity contribution in [2.45, 2.75) is 58.4 Å². The Balaban J connectivity index is 1.43. The molecule has 1 saturated carbocycles. The Kier molecular flexibility index (Phi) is 6.44. The summed E-state index contributed by atoms with van der Waals surface area (Å²) in [4.78, 5) is 28.1. The lowest BCUT2D eigenvalue weighted by molar-refractivity contribution is -0.122. The molecule has 1 aliphatic carbocycles. The van der Waals surface area contributed by atoms with E-state index in [1.807, 2.05) is 13.8 Å². The summed E-state index contributed by atoms with van der Waals surface area (Å²) < 4.78 is 11.0. The Bertz CT molecular complexity index is 809. The number of Topliss-reactive ketones (excluding diaryl/α,β-unsaturated/α-hetero) is 1. The number of aromatic nitrogens is 2. The topological polar surface area (TPSA) is 94.3 Å². The average molecular weight is 385 g/mol. The first kappa shape index (κ1) is 20.0. The quantitative estimate of drug-likeness (QED) is 0.493. The van der Waals surface area contributed by atoms with Gasteiger partial charge < -0.3 is 14.6 Å². The zero-order valence-electron chi connectivity index (χ0n) is 16.6. The highest BCUT2D eigenvalue weighted by atomic mass is 16.5. The lowest BCUT2D eigenvalue weighted by atomic mass is 10.0. The van der Waals surface area contributed by atoms with Crippen molar-refractivity contribution in [3.05, 3.63) is 41.5 Å². The zero-order valence-corrected chi connectivity index (χ0v) is 16.6. The van der Waals surface area contributed by atoms with E-state index in [4.69, 9.17) is 9.26 Å². The van der Waals surface area contributed by atoms with Gasteiger partial charge in [-0.2, -0.15) is 4.98 Å². The summed E-state index contributed by atoms with van der Waals surface area (Å²) in [5.74, 6) is 2.43. The third-order valence-electron chi connectivity index (χ3n) is 4.73. The molecule has 0 radical (unpaired) electrons. The first-order chi connectivity index (χ1) is 13.4. The summed E-state index contributed by atoms with van der Waals surface area (Å²) in [6.45, 7) is 5.98. The maximum Gasteiger partial charge on any atom is 0.249 e. The molecule has 150 valence electrons. The molecule has 28 heavy (non-hydrogen) atoms. The van der Waals surface area contributed by atoms with E-state index in [9.17, 15) is 9.59 Å². The summed E-state index contributed by atoms with van der Waals surface area (Å²) in [6.07, 6.45) is 3.14. The maximum atomic E-state index is 12.3. The van der Waals surface area contributed by atoms with Crippen LogP contribution in [0.1, 0.15) is 80.5 Å². The van der Waals surface area contributed by atoms with Crippen LogP contribution in [0.5, 0.6) is 5.75 Å². The van der Waals surface area contributed by atoms with Crippen molar-refractivity contribution in [1.29, 1.82) is 0 Å². The van der Waals surface area contributed by atoms with Crippen LogP contribution in [0, 0.1) is 5.92 Å². The van der Waals surface area contributed by atoms with Crippen molar-refractivity contribution < 1.29 is 18.8 Å². The molecule has 1 heterocycles. The van der Waals surface area contributed by atoms with Crippen LogP contribution in [0.15, 0.2) is 28.8 Å². The highest BCUT2D eigenvalue weighted by molar-refractivity contribution is 5.94. The summed E-state index contributed by atoms with van der Waals surface area (Å²) >= 11 is 0. The number of ketones is 1. The predicted octanol–water partition coefficient (Wildman–Crippen LogP) is 3.82. The Hall–Kier alpha value is -2.70. The van der Waals surface area contributed by atoms with Gasteiger partial charge in [-0.3, -0.25) is 9.59 Å². The van der Waals surface area contributed by atoms with Gasteiger partial charge in [-0.15, -0.1) is 0 Å². The number of nitrogens with one attached hydrogen (secondary N) is 1. The van der Waals surface area contributed by atoms with E-state index < -0.39 is 0 Å². The van der Waals surface area contributed by atoms with Gasteiger partial charge in [0.25, 0.3) is 0 Å². The number of carbonyl (C=O) groups is 2. The number of hydrogen-bond acceptors (Lipinski definition) is 6. The second-order valence-electron chi connectivity index (χ2n) is 7.59. The van der Waals surface area contributed by atoms with Crippen LogP contribution in [0.2, 0.25) is 0 Å². The summed E-state index contributed by atoms with van der Waals surface area (Å²) in [5.41, 5.74) is 0.650. The zero-order chi connectivity index (χ0) is 20.1. The molecule has 2 aromatic rings. The summed E-state index contributed by atoms with van der Waals surface area (Å²) in [5, 5.41) is 7.03. The Morgan fingerprint density at radius 3 is 2.57 bits per heavy atom. The van der Waals surface area contributed by atoms with Crippen LogP contribution in [-0.2, 0) is 4.79 Å². The van der Waals surface area contributed by atoms with E-state index >= 15 is 0 Å². The first-order valence-electron chi connectivity index (χ1n) is 9.80. The van der Waals surface area contributed by atoms with E-state index in [1.54, 1.807) is 24.3 Å². The molecule has 1 unspecified atom stereocenters. The molecule has 1 N–H and O–H groups in total. The Morgan fingerprint density at radius 2 is 1.96 bits per heavy atom. The smallest absolute Gasteiger partial charge is 0.249 e. The average Bonchev–Trinajstić information content (AvgIpc) is 3.41. The summed E-state index contributed by atoms with van der Waals surface area (Å²) in [7, 11) is 0. The molecule has 0 saturated heterocycles. The molecular weight excluding hydrogens is 358 g/mol. The monoisotopic (exact) mass is 385 g/mol. The molecule has 0 aliphatic heterocycles. The molecule has 1 amide bonds. The number of nitrogens with zero attached hydrogens (tertiary/aromatic N) is 2. The number of carbonyl (C=O) groups excluding carboxylic acids is 2. The second-order valence-corrected chi connectivity index (χ2v) is 7.59. The van der Waals surface area contributed by atoms with Gasteiger partial charge in [0, 0.05) is 17.9 Å². The molecule has 1 fully saturated rings. The lowest BCUT2D eigenvalue weighted by Crippen LogP contribution is -2.32. The highest BCUT2D eigenvalue weighted by Crippen LogP contribution is 2.38. The number of benzene rings is 1. The van der Waals surface area contributed by atoms with Crippen LogP contribution in [0.25, 0.3) is 0 Å². The van der Waals surface area contributed by atoms with Gasteiger partial charge in [0.2, 0.25) is 11.8 Å². The third-order valence-corrected chi connectivity index (χ3v) is 4.73. The maximum absolute atomic E-state index is 12.3. The fourth-order valence-corrected chi connectivity index (χ4v) is 2.85. The number of ether oxygens (including phenoxy) is 1. The molecule has 1 atom stereocenters. The van der Waals surface area contributed by atoms with E-state index in [2.05, 4.69) is 15.5 Å². The van der Waals surface area contributed by atoms with Crippen LogP contribution >= 0.6 is 0 Å². The highest BCUT2D eigenvalue weighted by Gasteiger charge is 2.31. The minimum Gasteiger partial charge on any atom is -0.494 e. The fraction of sp³-hybridized carbons (Fsp3) is 0.524. The van der Waals surface area contributed by atoms with Crippen molar-refractivity contribution in [1.82, 2.24) is 15.5 Å². The minimum absolute atomic E-state index is 0.0217. The molecule has 3 rings (SSSR count). The standard InChI is InChI=1S/C21H27N3O4/c1-13(2)19(21-23-20(24-28-21)16-6-7-16)22-18(26)5-4-12-27-17-10-8-15(9-11-17)14(3)25/h8-11,13,16,19H,4-7,12H2,1-3H3,(H,22,26). The van der Waals surface area contributed by atoms with Crippen LogP contribution in [-0.4, -0.2) is 28.4 Å². The number of amides is 1. The molecule has 7 nitrogen and oxygen atoms in total. The summed E-state index contributed by atoms with van der Waals surface area (Å²) in [6, 6.07) is 6.71.